The van der Waals surface area contributed by atoms with Crippen molar-refractivity contribution in [2.45, 2.75) is 25.9 Å². The Morgan fingerprint density at radius 1 is 1.65 bits per heavy atom. The van der Waals surface area contributed by atoms with Crippen LogP contribution in [-0.2, 0) is 9.47 Å². The van der Waals surface area contributed by atoms with Gasteiger partial charge in [0.2, 0.25) is 0 Å². The lowest BCUT2D eigenvalue weighted by molar-refractivity contribution is -0.0306. The maximum atomic E-state index is 11.9. The topological polar surface area (TPSA) is 74.4 Å². The van der Waals surface area contributed by atoms with Crippen LogP contribution in [0.1, 0.15) is 28.9 Å². The summed E-state index contributed by atoms with van der Waals surface area (Å²) in [5, 5.41) is 0. The molecule has 0 spiro atoms. The van der Waals surface area contributed by atoms with Crippen LogP contribution < -0.4 is 5.73 Å². The molecule has 0 radical (unpaired) electrons. The number of ether oxygens (including phenoxy) is 2. The van der Waals surface area contributed by atoms with Gasteiger partial charge in [-0.15, -0.1) is 0 Å². The summed E-state index contributed by atoms with van der Waals surface area (Å²) in [6.45, 7) is 2.97. The summed E-state index contributed by atoms with van der Waals surface area (Å²) < 4.78 is 10.6. The monoisotopic (exact) mass is 236 g/mol. The van der Waals surface area contributed by atoms with Crippen LogP contribution in [0.3, 0.4) is 0 Å². The number of carbonyl (C=O) groups is 1. The summed E-state index contributed by atoms with van der Waals surface area (Å²) in [4.78, 5) is 15.9. The molecule has 17 heavy (non-hydrogen) atoms. The highest BCUT2D eigenvalue weighted by Crippen LogP contribution is 2.15. The second-order valence-electron chi connectivity index (χ2n) is 4.15. The fourth-order valence-corrected chi connectivity index (χ4v) is 1.77. The van der Waals surface area contributed by atoms with E-state index in [-0.39, 0.29) is 12.1 Å². The Bertz CT molecular complexity index is 414. The zero-order valence-electron chi connectivity index (χ0n) is 9.81. The van der Waals surface area contributed by atoms with Crippen LogP contribution in [0.5, 0.6) is 0 Å². The molecular weight excluding hydrogens is 220 g/mol. The molecule has 1 saturated heterocycles. The number of aromatic nitrogens is 1. The lowest BCUT2D eigenvalue weighted by Gasteiger charge is -2.22. The summed E-state index contributed by atoms with van der Waals surface area (Å²) in [7, 11) is 0. The van der Waals surface area contributed by atoms with Gasteiger partial charge in [-0.1, -0.05) is 0 Å². The molecular formula is C12H16N2O3. The highest BCUT2D eigenvalue weighted by molar-refractivity contribution is 5.91. The average molecular weight is 236 g/mol. The number of nitrogens with two attached hydrogens (primary N) is 1. The molecule has 2 rings (SSSR count). The first-order chi connectivity index (χ1) is 8.16. The zero-order chi connectivity index (χ0) is 12.3. The van der Waals surface area contributed by atoms with Gasteiger partial charge in [0, 0.05) is 6.61 Å². The Kier molecular flexibility index (Phi) is 3.58. The van der Waals surface area contributed by atoms with E-state index in [2.05, 4.69) is 4.98 Å². The zero-order valence-corrected chi connectivity index (χ0v) is 9.81. The van der Waals surface area contributed by atoms with E-state index in [1.54, 1.807) is 13.0 Å². The SMILES string of the molecule is Cc1ncc(N)cc1C(=O)OC1CCCOC1. The van der Waals surface area contributed by atoms with E-state index in [1.807, 2.05) is 0 Å². The van der Waals surface area contributed by atoms with Gasteiger partial charge in [-0.05, 0) is 25.8 Å². The number of carbonyl (C=O) groups excluding carboxylic acids is 1. The van der Waals surface area contributed by atoms with E-state index in [0.717, 1.165) is 19.4 Å². The molecule has 0 bridgehead atoms. The van der Waals surface area contributed by atoms with Gasteiger partial charge in [0.05, 0.1) is 29.7 Å². The van der Waals surface area contributed by atoms with E-state index in [4.69, 9.17) is 15.2 Å². The average Bonchev–Trinajstić information content (AvgIpc) is 2.33. The Balaban J connectivity index is 2.05. The minimum atomic E-state index is -0.377. The Hall–Kier alpha value is -1.62. The summed E-state index contributed by atoms with van der Waals surface area (Å²) in [5.41, 5.74) is 7.12. The number of pyridine rings is 1. The van der Waals surface area contributed by atoms with Crippen LogP contribution in [0.4, 0.5) is 5.69 Å². The van der Waals surface area contributed by atoms with E-state index in [1.165, 1.54) is 6.20 Å². The van der Waals surface area contributed by atoms with Crippen molar-refractivity contribution in [1.29, 1.82) is 0 Å². The van der Waals surface area contributed by atoms with E-state index in [0.29, 0.717) is 23.6 Å². The molecule has 1 atom stereocenters. The molecule has 5 nitrogen and oxygen atoms in total. The maximum Gasteiger partial charge on any atom is 0.340 e. The predicted molar refractivity (Wildman–Crippen MR) is 62.6 cm³/mol. The third-order valence-electron chi connectivity index (χ3n) is 2.72. The molecule has 1 aliphatic rings. The van der Waals surface area contributed by atoms with Crippen LogP contribution in [0, 0.1) is 6.92 Å². The Morgan fingerprint density at radius 3 is 3.18 bits per heavy atom. The molecule has 1 aromatic rings. The number of rotatable bonds is 2. The number of hydrogen-bond donors (Lipinski definition) is 1. The fraction of sp³-hybridized carbons (Fsp3) is 0.500. The van der Waals surface area contributed by atoms with Crippen molar-refractivity contribution in [2.24, 2.45) is 0 Å². The van der Waals surface area contributed by atoms with Crippen LogP contribution >= 0.6 is 0 Å². The van der Waals surface area contributed by atoms with Crippen molar-refractivity contribution in [2.75, 3.05) is 18.9 Å². The van der Waals surface area contributed by atoms with Crippen LogP contribution in [0.15, 0.2) is 12.3 Å². The second kappa shape index (κ2) is 5.14. The van der Waals surface area contributed by atoms with Gasteiger partial charge >= 0.3 is 5.97 Å². The highest BCUT2D eigenvalue weighted by Gasteiger charge is 2.20. The first kappa shape index (κ1) is 11.9. The van der Waals surface area contributed by atoms with Crippen molar-refractivity contribution in [3.63, 3.8) is 0 Å². The molecule has 1 fully saturated rings. The largest absolute Gasteiger partial charge is 0.456 e. The molecule has 0 amide bonds. The number of hydrogen-bond acceptors (Lipinski definition) is 5. The van der Waals surface area contributed by atoms with Gasteiger partial charge in [0.25, 0.3) is 0 Å². The molecule has 5 heteroatoms. The summed E-state index contributed by atoms with van der Waals surface area (Å²) in [6.07, 6.45) is 3.14. The van der Waals surface area contributed by atoms with E-state index in [9.17, 15) is 4.79 Å². The van der Waals surface area contributed by atoms with Gasteiger partial charge < -0.3 is 15.2 Å². The fourth-order valence-electron chi connectivity index (χ4n) is 1.77. The summed E-state index contributed by atoms with van der Waals surface area (Å²) in [6, 6.07) is 1.59. The van der Waals surface area contributed by atoms with Gasteiger partial charge in [-0.3, -0.25) is 4.98 Å². The molecule has 1 aliphatic heterocycles. The van der Waals surface area contributed by atoms with Gasteiger partial charge in [-0.25, -0.2) is 4.79 Å². The quantitative estimate of drug-likeness (QED) is 0.783. The number of nitrogens with zero attached hydrogens (tertiary/aromatic N) is 1. The maximum absolute atomic E-state index is 11.9. The molecule has 92 valence electrons. The van der Waals surface area contributed by atoms with Gasteiger partial charge in [0.1, 0.15) is 6.10 Å². The van der Waals surface area contributed by atoms with Crippen molar-refractivity contribution in [1.82, 2.24) is 4.98 Å². The molecule has 2 heterocycles. The number of aryl methyl sites for hydroxylation is 1. The molecule has 0 aliphatic carbocycles. The third-order valence-corrected chi connectivity index (χ3v) is 2.72. The highest BCUT2D eigenvalue weighted by atomic mass is 16.6. The normalized spacial score (nSPS) is 19.9. The minimum absolute atomic E-state index is 0.155. The van der Waals surface area contributed by atoms with Crippen molar-refractivity contribution in [3.8, 4) is 0 Å². The molecule has 1 aromatic heterocycles. The van der Waals surface area contributed by atoms with Crippen LogP contribution in [0.25, 0.3) is 0 Å². The first-order valence-corrected chi connectivity index (χ1v) is 5.67. The van der Waals surface area contributed by atoms with Crippen molar-refractivity contribution >= 4 is 11.7 Å². The predicted octanol–water partition coefficient (Wildman–Crippen LogP) is 1.31. The lowest BCUT2D eigenvalue weighted by atomic mass is 10.1. The number of anilines is 1. The summed E-state index contributed by atoms with van der Waals surface area (Å²) in [5.74, 6) is -0.377. The minimum Gasteiger partial charge on any atom is -0.456 e. The molecule has 0 aromatic carbocycles. The van der Waals surface area contributed by atoms with Crippen LogP contribution in [0.2, 0.25) is 0 Å². The Labute approximate surface area is 99.9 Å². The third kappa shape index (κ3) is 2.94. The standard InChI is InChI=1S/C12H16N2O3/c1-8-11(5-9(13)6-14-8)12(15)17-10-3-2-4-16-7-10/h5-6,10H,2-4,7,13H2,1H3. The molecule has 1 unspecified atom stereocenters. The summed E-state index contributed by atoms with van der Waals surface area (Å²) >= 11 is 0. The van der Waals surface area contributed by atoms with E-state index >= 15 is 0 Å². The number of nitrogen functional groups attached to an aromatic ring is 1. The van der Waals surface area contributed by atoms with Gasteiger partial charge in [0.15, 0.2) is 0 Å². The smallest absolute Gasteiger partial charge is 0.340 e. The lowest BCUT2D eigenvalue weighted by Crippen LogP contribution is -2.28. The second-order valence-corrected chi connectivity index (χ2v) is 4.15. The number of esters is 1. The van der Waals surface area contributed by atoms with E-state index < -0.39 is 0 Å². The van der Waals surface area contributed by atoms with Crippen molar-refractivity contribution < 1.29 is 14.3 Å². The molecule has 2 N–H and O–H groups in total. The first-order valence-electron chi connectivity index (χ1n) is 5.67. The molecule has 0 saturated carbocycles. The Morgan fingerprint density at radius 2 is 2.47 bits per heavy atom. The van der Waals surface area contributed by atoms with Crippen LogP contribution in [-0.4, -0.2) is 30.3 Å². The van der Waals surface area contributed by atoms with Crippen molar-refractivity contribution in [3.05, 3.63) is 23.5 Å². The van der Waals surface area contributed by atoms with Gasteiger partial charge in [-0.2, -0.15) is 0 Å².